The van der Waals surface area contributed by atoms with Crippen molar-refractivity contribution in [2.45, 2.75) is 13.1 Å². The van der Waals surface area contributed by atoms with E-state index in [1.54, 1.807) is 19.6 Å². The van der Waals surface area contributed by atoms with Gasteiger partial charge in [0.05, 0.1) is 18.0 Å². The molecule has 0 fully saturated rings. The summed E-state index contributed by atoms with van der Waals surface area (Å²) in [6, 6.07) is 12.2. The Balaban J connectivity index is 0.00000243. The molecule has 0 spiro atoms. The number of guanidine groups is 1. The van der Waals surface area contributed by atoms with E-state index in [9.17, 15) is 0 Å². The molecule has 138 valence electrons. The molecule has 2 N–H and O–H groups in total. The molecule has 0 saturated carbocycles. The fourth-order valence-electron chi connectivity index (χ4n) is 2.59. The third-order valence-corrected chi connectivity index (χ3v) is 3.96. The highest BCUT2D eigenvalue weighted by molar-refractivity contribution is 14.0. The van der Waals surface area contributed by atoms with Crippen LogP contribution in [0.25, 0.3) is 10.9 Å². The fourth-order valence-corrected chi connectivity index (χ4v) is 2.59. The van der Waals surface area contributed by atoms with Crippen LogP contribution in [0.15, 0.2) is 58.3 Å². The monoisotopic (exact) mass is 465 g/mol. The maximum atomic E-state index is 5.08. The van der Waals surface area contributed by atoms with Crippen LogP contribution in [-0.2, 0) is 13.1 Å². The highest BCUT2D eigenvalue weighted by atomic mass is 127. The summed E-state index contributed by atoms with van der Waals surface area (Å²) in [5, 5.41) is 7.79. The van der Waals surface area contributed by atoms with Crippen molar-refractivity contribution in [1.29, 1.82) is 0 Å². The van der Waals surface area contributed by atoms with Gasteiger partial charge in [0.15, 0.2) is 5.96 Å². The second kappa shape index (κ2) is 9.42. The number of hydrogen-bond acceptors (Lipinski definition) is 4. The van der Waals surface area contributed by atoms with Gasteiger partial charge in [-0.2, -0.15) is 0 Å². The average molecular weight is 465 g/mol. The molecule has 0 radical (unpaired) electrons. The number of benzene rings is 1. The summed E-state index contributed by atoms with van der Waals surface area (Å²) in [7, 11) is 5.76. The molecule has 0 amide bonds. The van der Waals surface area contributed by atoms with E-state index in [1.165, 1.54) is 5.56 Å². The normalized spacial score (nSPS) is 11.1. The molecule has 0 unspecified atom stereocenters. The Morgan fingerprint density at radius 3 is 2.62 bits per heavy atom. The molecule has 0 aliphatic carbocycles. The molecule has 0 aliphatic heterocycles. The zero-order chi connectivity index (χ0) is 17.6. The first-order valence-electron chi connectivity index (χ1n) is 8.19. The molecule has 3 aromatic rings. The summed E-state index contributed by atoms with van der Waals surface area (Å²) >= 11 is 0. The van der Waals surface area contributed by atoms with Crippen LogP contribution in [0, 0.1) is 0 Å². The minimum absolute atomic E-state index is 0. The van der Waals surface area contributed by atoms with Crippen LogP contribution in [-0.4, -0.2) is 32.1 Å². The number of furan rings is 1. The number of para-hydroxylation sites is 1. The number of aromatic nitrogens is 1. The molecule has 3 rings (SSSR count). The topological polar surface area (TPSA) is 65.7 Å². The number of aliphatic imine (C=N–C) groups is 1. The van der Waals surface area contributed by atoms with Crippen LogP contribution in [0.2, 0.25) is 0 Å². The zero-order valence-corrected chi connectivity index (χ0v) is 17.5. The van der Waals surface area contributed by atoms with Gasteiger partial charge in [-0.05, 0) is 23.8 Å². The van der Waals surface area contributed by atoms with Gasteiger partial charge in [0.25, 0.3) is 0 Å². The minimum Gasteiger partial charge on any atom is -0.472 e. The lowest BCUT2D eigenvalue weighted by atomic mass is 10.1. The molecule has 0 aliphatic rings. The Morgan fingerprint density at radius 1 is 1.15 bits per heavy atom. The lowest BCUT2D eigenvalue weighted by Crippen LogP contribution is -2.36. The van der Waals surface area contributed by atoms with Gasteiger partial charge in [-0.1, -0.05) is 18.2 Å². The van der Waals surface area contributed by atoms with Crippen LogP contribution < -0.4 is 15.5 Å². The number of hydrogen-bond donors (Lipinski definition) is 2. The van der Waals surface area contributed by atoms with Crippen molar-refractivity contribution in [3.8, 4) is 0 Å². The van der Waals surface area contributed by atoms with Crippen molar-refractivity contribution in [1.82, 2.24) is 15.6 Å². The number of rotatable bonds is 5. The first kappa shape index (κ1) is 20.0. The first-order chi connectivity index (χ1) is 12.2. The Bertz CT molecular complexity index is 862. The summed E-state index contributed by atoms with van der Waals surface area (Å²) in [5.41, 5.74) is 3.25. The molecule has 26 heavy (non-hydrogen) atoms. The van der Waals surface area contributed by atoms with Gasteiger partial charge in [-0.25, -0.2) is 4.98 Å². The van der Waals surface area contributed by atoms with Crippen LogP contribution >= 0.6 is 24.0 Å². The van der Waals surface area contributed by atoms with Crippen LogP contribution in [0.1, 0.15) is 11.1 Å². The van der Waals surface area contributed by atoms with Crippen molar-refractivity contribution in [3.63, 3.8) is 0 Å². The Morgan fingerprint density at radius 2 is 1.92 bits per heavy atom. The van der Waals surface area contributed by atoms with E-state index in [4.69, 9.17) is 9.40 Å². The number of fused-ring (bicyclic) bond motifs is 1. The van der Waals surface area contributed by atoms with Crippen molar-refractivity contribution < 1.29 is 4.42 Å². The van der Waals surface area contributed by atoms with Crippen molar-refractivity contribution in [3.05, 3.63) is 60.1 Å². The van der Waals surface area contributed by atoms with Gasteiger partial charge >= 0.3 is 0 Å². The highest BCUT2D eigenvalue weighted by Gasteiger charge is 2.08. The third-order valence-electron chi connectivity index (χ3n) is 3.96. The molecule has 0 atom stereocenters. The standard InChI is InChI=1S/C19H23N5O.HI/c1-20-19(21-11-14-8-9-25-13-14)22-12-15-10-18(24(2)3)23-17-7-5-4-6-16(15)17;/h4-10,13H,11-12H2,1-3H3,(H2,20,21,22);1H. The van der Waals surface area contributed by atoms with Crippen molar-refractivity contribution in [2.75, 3.05) is 26.0 Å². The summed E-state index contributed by atoms with van der Waals surface area (Å²) in [4.78, 5) is 11.0. The number of nitrogens with zero attached hydrogens (tertiary/aromatic N) is 3. The summed E-state index contributed by atoms with van der Waals surface area (Å²) in [6.45, 7) is 1.32. The molecule has 6 nitrogen and oxygen atoms in total. The predicted molar refractivity (Wildman–Crippen MR) is 117 cm³/mol. The highest BCUT2D eigenvalue weighted by Crippen LogP contribution is 2.21. The Labute approximate surface area is 170 Å². The van der Waals surface area contributed by atoms with E-state index in [0.717, 1.165) is 28.2 Å². The third kappa shape index (κ3) is 4.87. The van der Waals surface area contributed by atoms with E-state index in [-0.39, 0.29) is 24.0 Å². The first-order valence-corrected chi connectivity index (χ1v) is 8.19. The second-order valence-corrected chi connectivity index (χ2v) is 5.96. The molecule has 0 saturated heterocycles. The second-order valence-electron chi connectivity index (χ2n) is 5.96. The van der Waals surface area contributed by atoms with Gasteiger partial charge in [0, 0.05) is 45.2 Å². The minimum atomic E-state index is 0. The maximum absolute atomic E-state index is 5.08. The largest absolute Gasteiger partial charge is 0.472 e. The van der Waals surface area contributed by atoms with Crippen molar-refractivity contribution in [2.24, 2.45) is 4.99 Å². The van der Waals surface area contributed by atoms with Crippen LogP contribution in [0.4, 0.5) is 5.82 Å². The molecular weight excluding hydrogens is 441 g/mol. The van der Waals surface area contributed by atoms with Crippen molar-refractivity contribution >= 4 is 46.7 Å². The summed E-state index contributed by atoms with van der Waals surface area (Å²) in [6.07, 6.45) is 3.39. The maximum Gasteiger partial charge on any atom is 0.191 e. The number of halogens is 1. The zero-order valence-electron chi connectivity index (χ0n) is 15.2. The van der Waals surface area contributed by atoms with Crippen LogP contribution in [0.3, 0.4) is 0 Å². The van der Waals surface area contributed by atoms with Gasteiger partial charge in [0.1, 0.15) is 5.82 Å². The quantitative estimate of drug-likeness (QED) is 0.344. The van der Waals surface area contributed by atoms with E-state index in [1.807, 2.05) is 43.3 Å². The predicted octanol–water partition coefficient (Wildman–Crippen LogP) is 3.38. The SMILES string of the molecule is CN=C(NCc1ccoc1)NCc1cc(N(C)C)nc2ccccc12.I. The average Bonchev–Trinajstić information content (AvgIpc) is 3.15. The Kier molecular flexibility index (Phi) is 7.26. The summed E-state index contributed by atoms with van der Waals surface area (Å²) < 4.78 is 5.08. The van der Waals surface area contributed by atoms with Gasteiger partial charge in [0.2, 0.25) is 0 Å². The lowest BCUT2D eigenvalue weighted by molar-refractivity contribution is 0.563. The smallest absolute Gasteiger partial charge is 0.191 e. The Hall–Kier alpha value is -2.29. The van der Waals surface area contributed by atoms with Gasteiger partial charge < -0.3 is 20.0 Å². The van der Waals surface area contributed by atoms with E-state index in [2.05, 4.69) is 27.8 Å². The molecule has 1 aromatic carbocycles. The molecule has 2 heterocycles. The van der Waals surface area contributed by atoms with E-state index < -0.39 is 0 Å². The van der Waals surface area contributed by atoms with Gasteiger partial charge in [-0.15, -0.1) is 24.0 Å². The number of pyridine rings is 1. The van der Waals surface area contributed by atoms with Crippen LogP contribution in [0.5, 0.6) is 0 Å². The number of nitrogens with one attached hydrogen (secondary N) is 2. The molecule has 0 bridgehead atoms. The molecule has 2 aromatic heterocycles. The van der Waals surface area contributed by atoms with Gasteiger partial charge in [-0.3, -0.25) is 4.99 Å². The summed E-state index contributed by atoms with van der Waals surface area (Å²) in [5.74, 6) is 1.69. The van der Waals surface area contributed by atoms with E-state index >= 15 is 0 Å². The van der Waals surface area contributed by atoms with E-state index in [0.29, 0.717) is 13.1 Å². The lowest BCUT2D eigenvalue weighted by Gasteiger charge is -2.16. The molecule has 7 heteroatoms. The number of anilines is 1. The molecular formula is C19H24IN5O. The fraction of sp³-hybridized carbons (Fsp3) is 0.263.